The van der Waals surface area contributed by atoms with Crippen molar-refractivity contribution < 1.29 is 15.0 Å². The largest absolute Gasteiger partial charge is 0.504 e. The van der Waals surface area contributed by atoms with Crippen LogP contribution in [0.2, 0.25) is 0 Å². The molecule has 6 heteroatoms. The zero-order valence-electron chi connectivity index (χ0n) is 7.88. The lowest BCUT2D eigenvalue weighted by Gasteiger charge is -2.31. The van der Waals surface area contributed by atoms with E-state index < -0.39 is 17.7 Å². The predicted octanol–water partition coefficient (Wildman–Crippen LogP) is 0.935. The fourth-order valence-corrected chi connectivity index (χ4v) is 1.91. The Kier molecular flexibility index (Phi) is 2.19. The number of nitrogens with zero attached hydrogens (tertiary/aromatic N) is 2. The third-order valence-electron chi connectivity index (χ3n) is 2.44. The number of aliphatic hydroxyl groups is 2. The highest BCUT2D eigenvalue weighted by atomic mass is 35.5. The molecule has 0 bridgehead atoms. The summed E-state index contributed by atoms with van der Waals surface area (Å²) in [6.07, 6.45) is 2.69. The van der Waals surface area contributed by atoms with E-state index >= 15 is 0 Å². The van der Waals surface area contributed by atoms with E-state index in [-0.39, 0.29) is 16.7 Å². The smallest absolute Gasteiger partial charge is 0.238 e. The Bertz CT molecular complexity index is 414. The molecule has 2 unspecified atom stereocenters. The Morgan fingerprint density at radius 2 is 2.20 bits per heavy atom. The molecule has 2 rings (SSSR count). The summed E-state index contributed by atoms with van der Waals surface area (Å²) in [5.74, 6) is -1.76. The maximum atomic E-state index is 11.7. The monoisotopic (exact) mass is 228 g/mol. The van der Waals surface area contributed by atoms with Crippen molar-refractivity contribution in [2.24, 2.45) is 10.9 Å². The molecule has 0 saturated heterocycles. The molecule has 1 aliphatic heterocycles. The highest BCUT2D eigenvalue weighted by molar-refractivity contribution is 6.32. The normalized spacial score (nSPS) is 30.4. The summed E-state index contributed by atoms with van der Waals surface area (Å²) in [6.45, 7) is 0. The SMILES string of the molecule is CN1C=NC2C=C(O)C(O)=C(Cl)C2C1=O. The van der Waals surface area contributed by atoms with Crippen LogP contribution in [0.3, 0.4) is 0 Å². The Morgan fingerprint density at radius 3 is 2.87 bits per heavy atom. The number of hydrogen-bond acceptors (Lipinski definition) is 4. The summed E-state index contributed by atoms with van der Waals surface area (Å²) in [4.78, 5) is 17.0. The molecule has 2 atom stereocenters. The number of carbonyl (C=O) groups is 1. The standard InChI is InChI=1S/C9H9ClN2O3/c1-12-3-11-4-2-5(13)8(14)7(10)6(4)9(12)15/h2-4,6,13-14H,1H3. The molecular formula is C9H9ClN2O3. The van der Waals surface area contributed by atoms with Crippen LogP contribution in [0, 0.1) is 5.92 Å². The van der Waals surface area contributed by atoms with E-state index in [0.717, 1.165) is 0 Å². The van der Waals surface area contributed by atoms with Crippen molar-refractivity contribution in [2.75, 3.05) is 7.05 Å². The molecule has 2 aliphatic rings. The van der Waals surface area contributed by atoms with Crippen LogP contribution in [0.4, 0.5) is 0 Å². The number of aliphatic imine (C=N–C) groups is 1. The summed E-state index contributed by atoms with van der Waals surface area (Å²) in [5.41, 5.74) is 0. The van der Waals surface area contributed by atoms with E-state index in [4.69, 9.17) is 11.6 Å². The molecule has 0 saturated carbocycles. The minimum Gasteiger partial charge on any atom is -0.504 e. The van der Waals surface area contributed by atoms with Crippen LogP contribution in [0.1, 0.15) is 0 Å². The van der Waals surface area contributed by atoms with E-state index in [9.17, 15) is 15.0 Å². The van der Waals surface area contributed by atoms with Gasteiger partial charge < -0.3 is 15.1 Å². The van der Waals surface area contributed by atoms with Gasteiger partial charge in [-0.15, -0.1) is 0 Å². The van der Waals surface area contributed by atoms with Crippen LogP contribution in [0.5, 0.6) is 0 Å². The predicted molar refractivity (Wildman–Crippen MR) is 54.8 cm³/mol. The molecule has 0 fully saturated rings. The minimum absolute atomic E-state index is 0.0614. The van der Waals surface area contributed by atoms with Gasteiger partial charge in [0.25, 0.3) is 0 Å². The average molecular weight is 229 g/mol. The second kappa shape index (κ2) is 3.27. The van der Waals surface area contributed by atoms with Crippen LogP contribution < -0.4 is 0 Å². The summed E-state index contributed by atoms with van der Waals surface area (Å²) in [7, 11) is 1.56. The molecule has 0 aromatic heterocycles. The lowest BCUT2D eigenvalue weighted by atomic mass is 9.91. The lowest BCUT2D eigenvalue weighted by molar-refractivity contribution is -0.130. The minimum atomic E-state index is -0.724. The number of fused-ring (bicyclic) bond motifs is 1. The van der Waals surface area contributed by atoms with Crippen molar-refractivity contribution in [3.8, 4) is 0 Å². The van der Waals surface area contributed by atoms with E-state index in [2.05, 4.69) is 4.99 Å². The molecule has 0 aromatic carbocycles. The molecule has 2 N–H and O–H groups in total. The van der Waals surface area contributed by atoms with Gasteiger partial charge in [0, 0.05) is 7.05 Å². The number of amides is 1. The highest BCUT2D eigenvalue weighted by Crippen LogP contribution is 2.34. The summed E-state index contributed by atoms with van der Waals surface area (Å²) in [6, 6.07) is -0.530. The fraction of sp³-hybridized carbons (Fsp3) is 0.333. The number of hydrogen-bond donors (Lipinski definition) is 2. The maximum Gasteiger partial charge on any atom is 0.238 e. The van der Waals surface area contributed by atoms with E-state index in [0.29, 0.717) is 0 Å². The van der Waals surface area contributed by atoms with E-state index in [1.54, 1.807) is 7.05 Å². The van der Waals surface area contributed by atoms with Crippen LogP contribution in [-0.4, -0.2) is 40.4 Å². The summed E-state index contributed by atoms with van der Waals surface area (Å²) >= 11 is 5.80. The van der Waals surface area contributed by atoms with Crippen LogP contribution >= 0.6 is 11.6 Å². The zero-order valence-corrected chi connectivity index (χ0v) is 8.64. The second-order valence-corrected chi connectivity index (χ2v) is 3.84. The Labute approximate surface area is 91.0 Å². The first kappa shape index (κ1) is 10.0. The van der Waals surface area contributed by atoms with E-state index in [1.807, 2.05) is 0 Å². The van der Waals surface area contributed by atoms with Gasteiger partial charge in [0.1, 0.15) is 5.92 Å². The molecule has 0 spiro atoms. The first-order chi connectivity index (χ1) is 7.02. The Morgan fingerprint density at radius 1 is 1.53 bits per heavy atom. The topological polar surface area (TPSA) is 73.1 Å². The fourth-order valence-electron chi connectivity index (χ4n) is 1.59. The zero-order chi connectivity index (χ0) is 11.2. The second-order valence-electron chi connectivity index (χ2n) is 3.43. The van der Waals surface area contributed by atoms with Gasteiger partial charge in [0.15, 0.2) is 11.5 Å². The first-order valence-electron chi connectivity index (χ1n) is 4.32. The summed E-state index contributed by atoms with van der Waals surface area (Å²) in [5, 5.41) is 18.6. The van der Waals surface area contributed by atoms with Gasteiger partial charge in [0.2, 0.25) is 5.91 Å². The molecule has 1 aliphatic carbocycles. The van der Waals surface area contributed by atoms with Crippen molar-refractivity contribution in [1.82, 2.24) is 4.90 Å². The van der Waals surface area contributed by atoms with Crippen molar-refractivity contribution in [3.05, 3.63) is 22.6 Å². The molecule has 0 radical (unpaired) electrons. The van der Waals surface area contributed by atoms with Crippen molar-refractivity contribution in [1.29, 1.82) is 0 Å². The quantitative estimate of drug-likeness (QED) is 0.648. The van der Waals surface area contributed by atoms with Crippen molar-refractivity contribution in [3.63, 3.8) is 0 Å². The number of aliphatic hydroxyl groups excluding tert-OH is 2. The third-order valence-corrected chi connectivity index (χ3v) is 2.85. The Hall–Kier alpha value is -1.49. The van der Waals surface area contributed by atoms with Gasteiger partial charge in [-0.25, -0.2) is 0 Å². The third kappa shape index (κ3) is 1.39. The number of carbonyl (C=O) groups excluding carboxylic acids is 1. The molecular weight excluding hydrogens is 220 g/mol. The lowest BCUT2D eigenvalue weighted by Crippen LogP contribution is -2.43. The van der Waals surface area contributed by atoms with Gasteiger partial charge in [-0.05, 0) is 6.08 Å². The highest BCUT2D eigenvalue weighted by Gasteiger charge is 2.39. The van der Waals surface area contributed by atoms with Crippen LogP contribution in [0.15, 0.2) is 27.6 Å². The first-order valence-corrected chi connectivity index (χ1v) is 4.70. The van der Waals surface area contributed by atoms with Gasteiger partial charge in [0.05, 0.1) is 17.4 Å². The van der Waals surface area contributed by atoms with Crippen LogP contribution in [0.25, 0.3) is 0 Å². The van der Waals surface area contributed by atoms with Crippen molar-refractivity contribution in [2.45, 2.75) is 6.04 Å². The molecule has 1 heterocycles. The van der Waals surface area contributed by atoms with Gasteiger partial charge in [-0.2, -0.15) is 0 Å². The van der Waals surface area contributed by atoms with Crippen LogP contribution in [-0.2, 0) is 4.79 Å². The molecule has 5 nitrogen and oxygen atoms in total. The summed E-state index contributed by atoms with van der Waals surface area (Å²) < 4.78 is 0. The number of halogens is 1. The molecule has 80 valence electrons. The molecule has 15 heavy (non-hydrogen) atoms. The number of rotatable bonds is 0. The Balaban J connectivity index is 2.48. The average Bonchev–Trinajstić information content (AvgIpc) is 2.20. The maximum absolute atomic E-state index is 11.7. The molecule has 0 aromatic rings. The van der Waals surface area contributed by atoms with Gasteiger partial charge in [-0.1, -0.05) is 11.6 Å². The van der Waals surface area contributed by atoms with E-state index in [1.165, 1.54) is 17.3 Å². The van der Waals surface area contributed by atoms with Crippen molar-refractivity contribution >= 4 is 23.8 Å². The van der Waals surface area contributed by atoms with Gasteiger partial charge >= 0.3 is 0 Å². The van der Waals surface area contributed by atoms with Gasteiger partial charge in [-0.3, -0.25) is 9.79 Å². The molecule has 1 amide bonds.